The molecule has 31 heavy (non-hydrogen) atoms. The Morgan fingerprint density at radius 2 is 1.42 bits per heavy atom. The summed E-state index contributed by atoms with van der Waals surface area (Å²) < 4.78 is 17.1. The zero-order chi connectivity index (χ0) is 22.7. The number of rotatable bonds is 3. The van der Waals surface area contributed by atoms with Gasteiger partial charge in [-0.1, -0.05) is 27.7 Å². The van der Waals surface area contributed by atoms with Crippen LogP contribution in [0, 0.1) is 10.8 Å². The molecule has 3 aliphatic rings. The molecule has 6 nitrogen and oxygen atoms in total. The monoisotopic (exact) mass is 426 g/mol. The molecule has 0 amide bonds. The highest BCUT2D eigenvalue weighted by atomic mass is 16.5. The molecule has 1 aromatic rings. The predicted molar refractivity (Wildman–Crippen MR) is 116 cm³/mol. The Labute approximate surface area is 182 Å². The molecule has 1 N–H and O–H groups in total. The molecule has 1 atom stereocenters. The Hall–Kier alpha value is -2.76. The minimum atomic E-state index is -0.675. The number of aliphatic hydroxyl groups is 1. The van der Waals surface area contributed by atoms with E-state index < -0.39 is 5.92 Å². The van der Waals surface area contributed by atoms with E-state index in [0.717, 1.165) is 0 Å². The van der Waals surface area contributed by atoms with Crippen molar-refractivity contribution in [2.45, 2.75) is 59.3 Å². The van der Waals surface area contributed by atoms with Crippen molar-refractivity contribution in [1.29, 1.82) is 0 Å². The summed E-state index contributed by atoms with van der Waals surface area (Å²) in [5, 5.41) is 11.0. The Morgan fingerprint density at radius 3 is 2.00 bits per heavy atom. The van der Waals surface area contributed by atoms with Gasteiger partial charge in [-0.3, -0.25) is 9.59 Å². The molecule has 0 saturated carbocycles. The highest BCUT2D eigenvalue weighted by Crippen LogP contribution is 2.54. The van der Waals surface area contributed by atoms with Gasteiger partial charge in [0.05, 0.1) is 20.1 Å². The fourth-order valence-electron chi connectivity index (χ4n) is 5.10. The first kappa shape index (κ1) is 21.5. The van der Waals surface area contributed by atoms with Crippen molar-refractivity contribution in [2.75, 3.05) is 14.2 Å². The number of methoxy groups -OCH3 is 2. The molecule has 1 heterocycles. The first-order valence-corrected chi connectivity index (χ1v) is 10.6. The molecule has 0 fully saturated rings. The molecular weight excluding hydrogens is 396 g/mol. The van der Waals surface area contributed by atoms with Crippen LogP contribution < -0.4 is 14.2 Å². The first-order valence-electron chi connectivity index (χ1n) is 10.6. The van der Waals surface area contributed by atoms with Crippen LogP contribution in [0.5, 0.6) is 17.2 Å². The molecule has 6 heteroatoms. The van der Waals surface area contributed by atoms with Crippen molar-refractivity contribution in [3.8, 4) is 17.2 Å². The average Bonchev–Trinajstić information content (AvgIpc) is 2.63. The normalized spacial score (nSPS) is 24.4. The molecule has 0 aromatic heterocycles. The molecule has 0 bridgehead atoms. The molecule has 0 saturated heterocycles. The predicted octanol–water partition coefficient (Wildman–Crippen LogP) is 5.02. The van der Waals surface area contributed by atoms with Gasteiger partial charge >= 0.3 is 0 Å². The third-order valence-electron chi connectivity index (χ3n) is 6.41. The summed E-state index contributed by atoms with van der Waals surface area (Å²) in [6.45, 7) is 7.98. The van der Waals surface area contributed by atoms with Crippen molar-refractivity contribution >= 4 is 11.6 Å². The maximum Gasteiger partial charge on any atom is 0.164 e. The number of ketones is 2. The molecule has 0 radical (unpaired) electrons. The number of benzene rings is 1. The lowest BCUT2D eigenvalue weighted by Crippen LogP contribution is -2.36. The van der Waals surface area contributed by atoms with E-state index in [0.29, 0.717) is 65.4 Å². The van der Waals surface area contributed by atoms with E-state index in [1.807, 2.05) is 27.7 Å². The van der Waals surface area contributed by atoms with Crippen LogP contribution in [0.4, 0.5) is 0 Å². The summed E-state index contributed by atoms with van der Waals surface area (Å²) in [6.07, 6.45) is 1.64. The minimum absolute atomic E-state index is 0.0466. The van der Waals surface area contributed by atoms with Gasteiger partial charge in [-0.15, -0.1) is 0 Å². The van der Waals surface area contributed by atoms with Crippen LogP contribution >= 0.6 is 0 Å². The zero-order valence-corrected chi connectivity index (χ0v) is 19.0. The largest absolute Gasteiger partial charge is 0.512 e. The van der Waals surface area contributed by atoms with Crippen LogP contribution in [0.25, 0.3) is 0 Å². The topological polar surface area (TPSA) is 82.1 Å². The van der Waals surface area contributed by atoms with Gasteiger partial charge in [0.15, 0.2) is 23.1 Å². The van der Waals surface area contributed by atoms with Crippen LogP contribution in [-0.2, 0) is 9.59 Å². The van der Waals surface area contributed by atoms with Crippen molar-refractivity contribution in [3.63, 3.8) is 0 Å². The van der Waals surface area contributed by atoms with Crippen LogP contribution in [0.3, 0.4) is 0 Å². The minimum Gasteiger partial charge on any atom is -0.512 e. The van der Waals surface area contributed by atoms with Crippen molar-refractivity contribution in [2.24, 2.45) is 10.8 Å². The summed E-state index contributed by atoms with van der Waals surface area (Å²) in [6, 6.07) is 3.48. The summed E-state index contributed by atoms with van der Waals surface area (Å²) in [5.74, 6) is 1.27. The maximum absolute atomic E-state index is 13.3. The number of fused-ring (bicyclic) bond motifs is 1. The second-order valence-corrected chi connectivity index (χ2v) is 10.4. The molecule has 4 rings (SSSR count). The van der Waals surface area contributed by atoms with Gasteiger partial charge in [0.2, 0.25) is 0 Å². The number of carbonyl (C=O) groups excluding carboxylic acids is 2. The lowest BCUT2D eigenvalue weighted by Gasteiger charge is -2.40. The molecule has 2 aliphatic carbocycles. The molecule has 166 valence electrons. The summed E-state index contributed by atoms with van der Waals surface area (Å²) in [7, 11) is 3.08. The van der Waals surface area contributed by atoms with E-state index in [2.05, 4.69) is 0 Å². The fraction of sp³-hybridized carbons (Fsp3) is 0.520. The highest BCUT2D eigenvalue weighted by molar-refractivity contribution is 6.06. The van der Waals surface area contributed by atoms with Gasteiger partial charge in [-0.05, 0) is 16.9 Å². The van der Waals surface area contributed by atoms with Crippen molar-refractivity contribution in [3.05, 3.63) is 40.4 Å². The Bertz CT molecular complexity index is 1040. The van der Waals surface area contributed by atoms with E-state index in [-0.39, 0.29) is 28.2 Å². The van der Waals surface area contributed by atoms with Crippen LogP contribution in [0.2, 0.25) is 0 Å². The standard InChI is InChI=1S/C25H30O6/c1-24(2)9-14(26)22(15(27)10-24)21-13-7-18(29-5)19(30-6)8-17(13)31-20-12-25(3,4)11-16(28)23(20)21/h7-8,21,26H,9-12H2,1-6H3/t21-/m1/s1. The number of allylic oxidation sites excluding steroid dienone is 4. The number of Topliss-reactive ketones (excluding diaryl/α,β-unsaturated/α-hetero) is 2. The number of ether oxygens (including phenoxy) is 3. The first-order chi connectivity index (χ1) is 14.5. The maximum atomic E-state index is 13.3. The van der Waals surface area contributed by atoms with Crippen LogP contribution in [0.1, 0.15) is 64.9 Å². The van der Waals surface area contributed by atoms with Crippen molar-refractivity contribution < 1.29 is 28.9 Å². The van der Waals surface area contributed by atoms with Gasteiger partial charge in [-0.25, -0.2) is 0 Å². The van der Waals surface area contributed by atoms with E-state index in [4.69, 9.17) is 14.2 Å². The fourth-order valence-corrected chi connectivity index (χ4v) is 5.10. The quantitative estimate of drug-likeness (QED) is 0.730. The SMILES string of the molecule is COc1cc2c(cc1OC)[C@H](C1=C(O)CC(C)(C)CC1=O)C1=C(CC(C)(C)CC1=O)O2. The Kier molecular flexibility index (Phi) is 4.95. The number of carbonyl (C=O) groups is 2. The zero-order valence-electron chi connectivity index (χ0n) is 19.0. The number of aliphatic hydroxyl groups excluding tert-OH is 1. The van der Waals surface area contributed by atoms with Crippen molar-refractivity contribution in [1.82, 2.24) is 0 Å². The Balaban J connectivity index is 1.98. The van der Waals surface area contributed by atoms with Crippen LogP contribution in [-0.4, -0.2) is 30.9 Å². The van der Waals surface area contributed by atoms with Crippen LogP contribution in [0.15, 0.2) is 34.8 Å². The summed E-state index contributed by atoms with van der Waals surface area (Å²) in [5.41, 5.74) is 0.847. The van der Waals surface area contributed by atoms with E-state index in [9.17, 15) is 14.7 Å². The smallest absolute Gasteiger partial charge is 0.164 e. The van der Waals surface area contributed by atoms with E-state index in [1.165, 1.54) is 7.11 Å². The van der Waals surface area contributed by atoms with Gasteiger partial charge < -0.3 is 19.3 Å². The average molecular weight is 427 g/mol. The lowest BCUT2D eigenvalue weighted by molar-refractivity contribution is -0.119. The molecule has 0 unspecified atom stereocenters. The third-order valence-corrected chi connectivity index (χ3v) is 6.41. The van der Waals surface area contributed by atoms with E-state index >= 15 is 0 Å². The van der Waals surface area contributed by atoms with E-state index in [1.54, 1.807) is 19.2 Å². The van der Waals surface area contributed by atoms with Gasteiger partial charge in [-0.2, -0.15) is 0 Å². The number of hydrogen-bond donors (Lipinski definition) is 1. The van der Waals surface area contributed by atoms with Gasteiger partial charge in [0.25, 0.3) is 0 Å². The summed E-state index contributed by atoms with van der Waals surface area (Å²) in [4.78, 5) is 26.6. The molecular formula is C25H30O6. The Morgan fingerprint density at radius 1 is 0.871 bits per heavy atom. The molecule has 1 aliphatic heterocycles. The van der Waals surface area contributed by atoms with Gasteiger partial charge in [0.1, 0.15) is 17.3 Å². The molecule has 0 spiro atoms. The summed E-state index contributed by atoms with van der Waals surface area (Å²) >= 11 is 0. The molecule has 1 aromatic carbocycles. The van der Waals surface area contributed by atoms with Gasteiger partial charge in [0, 0.05) is 48.5 Å². The highest BCUT2D eigenvalue weighted by Gasteiger charge is 2.47. The lowest BCUT2D eigenvalue weighted by atomic mass is 9.66. The second kappa shape index (κ2) is 7.14. The third kappa shape index (κ3) is 3.62. The number of hydrogen-bond acceptors (Lipinski definition) is 6. The second-order valence-electron chi connectivity index (χ2n) is 10.4.